The summed E-state index contributed by atoms with van der Waals surface area (Å²) in [6, 6.07) is 8.92. The van der Waals surface area contributed by atoms with Gasteiger partial charge in [-0.15, -0.1) is 0 Å². The summed E-state index contributed by atoms with van der Waals surface area (Å²) in [4.78, 5) is 18.6. The van der Waals surface area contributed by atoms with Crippen LogP contribution in [0.15, 0.2) is 65.7 Å². The zero-order valence-electron chi connectivity index (χ0n) is 17.3. The molecule has 0 radical (unpaired) electrons. The number of benzene rings is 1. The number of hydrogen-bond donors (Lipinski definition) is 0. The third-order valence-electron chi connectivity index (χ3n) is 5.95. The Balaban J connectivity index is 1.38. The zero-order chi connectivity index (χ0) is 23.2. The van der Waals surface area contributed by atoms with Crippen LogP contribution in [0.2, 0.25) is 0 Å². The molecule has 1 aliphatic heterocycles. The number of halogens is 4. The number of fused-ring (bicyclic) bond motifs is 1. The summed E-state index contributed by atoms with van der Waals surface area (Å²) in [7, 11) is 0. The molecule has 170 valence electrons. The maximum Gasteiger partial charge on any atom is 0.420 e. The van der Waals surface area contributed by atoms with Gasteiger partial charge in [0.2, 0.25) is 5.91 Å². The molecule has 0 aliphatic carbocycles. The van der Waals surface area contributed by atoms with E-state index in [0.717, 1.165) is 11.6 Å². The van der Waals surface area contributed by atoms with Gasteiger partial charge in [0.1, 0.15) is 11.5 Å². The van der Waals surface area contributed by atoms with Gasteiger partial charge in [0, 0.05) is 42.5 Å². The van der Waals surface area contributed by atoms with E-state index in [-0.39, 0.29) is 35.4 Å². The molecule has 4 heterocycles. The third-order valence-corrected chi connectivity index (χ3v) is 5.95. The summed E-state index contributed by atoms with van der Waals surface area (Å²) >= 11 is 0. The number of carbonyl (C=O) groups is 1. The Morgan fingerprint density at radius 2 is 2.00 bits per heavy atom. The van der Waals surface area contributed by atoms with E-state index < -0.39 is 11.7 Å². The molecular weight excluding hydrogens is 438 g/mol. The van der Waals surface area contributed by atoms with Crippen LogP contribution in [-0.2, 0) is 17.4 Å². The number of aromatic nitrogens is 2. The average molecular weight is 457 g/mol. The third kappa shape index (κ3) is 4.22. The van der Waals surface area contributed by atoms with E-state index in [1.807, 2.05) is 6.07 Å². The first kappa shape index (κ1) is 21.2. The quantitative estimate of drug-likeness (QED) is 0.390. The molecule has 1 saturated heterocycles. The van der Waals surface area contributed by atoms with Crippen molar-refractivity contribution in [3.63, 3.8) is 0 Å². The Labute approximate surface area is 186 Å². The van der Waals surface area contributed by atoms with Crippen molar-refractivity contribution in [1.82, 2.24) is 14.3 Å². The van der Waals surface area contributed by atoms with Crippen LogP contribution in [0.25, 0.3) is 16.8 Å². The number of likely N-dealkylation sites (tertiary alicyclic amines) is 1. The van der Waals surface area contributed by atoms with Gasteiger partial charge in [0.15, 0.2) is 0 Å². The first-order valence-corrected chi connectivity index (χ1v) is 10.4. The number of hydrogen-bond acceptors (Lipinski definition) is 3. The van der Waals surface area contributed by atoms with Gasteiger partial charge in [-0.3, -0.25) is 4.79 Å². The Morgan fingerprint density at radius 1 is 1.15 bits per heavy atom. The predicted octanol–water partition coefficient (Wildman–Crippen LogP) is 5.31. The SMILES string of the molecule is O=C(Cc1cn2cc(-c3ccoc3)cc(C(F)(F)F)c2n1)N1CCC(c2cccc(F)c2)C1. The number of pyridine rings is 1. The van der Waals surface area contributed by atoms with Gasteiger partial charge < -0.3 is 13.7 Å². The number of alkyl halides is 3. The summed E-state index contributed by atoms with van der Waals surface area (Å²) in [6.07, 6.45) is 1.71. The number of amides is 1. The molecule has 5 nitrogen and oxygen atoms in total. The van der Waals surface area contributed by atoms with Gasteiger partial charge in [-0.05, 0) is 36.2 Å². The second kappa shape index (κ2) is 8.06. The molecule has 4 aromatic rings. The molecule has 5 rings (SSSR count). The van der Waals surface area contributed by atoms with Gasteiger partial charge >= 0.3 is 6.18 Å². The van der Waals surface area contributed by atoms with E-state index >= 15 is 0 Å². The lowest BCUT2D eigenvalue weighted by molar-refractivity contribution is -0.136. The normalized spacial score (nSPS) is 16.6. The minimum absolute atomic E-state index is 0.0278. The molecule has 0 saturated carbocycles. The molecule has 0 bridgehead atoms. The molecular formula is C24H19F4N3O2. The highest BCUT2D eigenvalue weighted by molar-refractivity contribution is 5.79. The van der Waals surface area contributed by atoms with Crippen LogP contribution in [0.4, 0.5) is 17.6 Å². The molecule has 1 atom stereocenters. The molecule has 1 aliphatic rings. The van der Waals surface area contributed by atoms with E-state index in [9.17, 15) is 22.4 Å². The smallest absolute Gasteiger partial charge is 0.420 e. The van der Waals surface area contributed by atoms with Gasteiger partial charge in [-0.25, -0.2) is 9.37 Å². The summed E-state index contributed by atoms with van der Waals surface area (Å²) < 4.78 is 60.9. The van der Waals surface area contributed by atoms with Gasteiger partial charge in [0.25, 0.3) is 0 Å². The summed E-state index contributed by atoms with van der Waals surface area (Å²) in [5.41, 5.74) is 0.790. The fraction of sp³-hybridized carbons (Fsp3) is 0.250. The Morgan fingerprint density at radius 3 is 2.73 bits per heavy atom. The average Bonchev–Trinajstić information content (AvgIpc) is 3.51. The summed E-state index contributed by atoms with van der Waals surface area (Å²) in [6.45, 7) is 0.944. The van der Waals surface area contributed by atoms with Crippen LogP contribution in [0, 0.1) is 5.82 Å². The lowest BCUT2D eigenvalue weighted by atomic mass is 9.98. The van der Waals surface area contributed by atoms with Gasteiger partial charge in [-0.2, -0.15) is 13.2 Å². The highest BCUT2D eigenvalue weighted by Gasteiger charge is 2.35. The van der Waals surface area contributed by atoms with E-state index in [1.54, 1.807) is 17.0 Å². The number of rotatable bonds is 4. The molecule has 33 heavy (non-hydrogen) atoms. The van der Waals surface area contributed by atoms with Crippen molar-refractivity contribution in [2.24, 2.45) is 0 Å². The molecule has 1 unspecified atom stereocenters. The fourth-order valence-corrected chi connectivity index (χ4v) is 4.32. The van der Waals surface area contributed by atoms with Crippen molar-refractivity contribution in [1.29, 1.82) is 0 Å². The lowest BCUT2D eigenvalue weighted by Gasteiger charge is -2.16. The minimum atomic E-state index is -4.61. The molecule has 0 spiro atoms. The van der Waals surface area contributed by atoms with Gasteiger partial charge in [0.05, 0.1) is 30.2 Å². The van der Waals surface area contributed by atoms with Crippen molar-refractivity contribution < 1.29 is 26.8 Å². The first-order chi connectivity index (χ1) is 15.8. The maximum absolute atomic E-state index is 13.7. The lowest BCUT2D eigenvalue weighted by Crippen LogP contribution is -2.30. The van der Waals surface area contributed by atoms with E-state index in [1.165, 1.54) is 41.5 Å². The van der Waals surface area contributed by atoms with E-state index in [4.69, 9.17) is 4.42 Å². The zero-order valence-corrected chi connectivity index (χ0v) is 17.3. The van der Waals surface area contributed by atoms with Crippen LogP contribution in [0.5, 0.6) is 0 Å². The monoisotopic (exact) mass is 457 g/mol. The van der Waals surface area contributed by atoms with Crippen LogP contribution in [-0.4, -0.2) is 33.3 Å². The van der Waals surface area contributed by atoms with E-state index in [2.05, 4.69) is 4.98 Å². The second-order valence-corrected chi connectivity index (χ2v) is 8.17. The number of imidazole rings is 1. The molecule has 0 N–H and O–H groups in total. The Bertz CT molecular complexity index is 1310. The molecule has 1 aromatic carbocycles. The van der Waals surface area contributed by atoms with Gasteiger partial charge in [-0.1, -0.05) is 12.1 Å². The largest absolute Gasteiger partial charge is 0.472 e. The van der Waals surface area contributed by atoms with Crippen LogP contribution >= 0.6 is 0 Å². The van der Waals surface area contributed by atoms with Crippen LogP contribution in [0.3, 0.4) is 0 Å². The highest BCUT2D eigenvalue weighted by atomic mass is 19.4. The van der Waals surface area contributed by atoms with Crippen molar-refractivity contribution >= 4 is 11.6 Å². The van der Waals surface area contributed by atoms with Crippen LogP contribution in [0.1, 0.15) is 29.2 Å². The summed E-state index contributed by atoms with van der Waals surface area (Å²) in [5, 5.41) is 0. The van der Waals surface area contributed by atoms with Crippen LogP contribution < -0.4 is 0 Å². The van der Waals surface area contributed by atoms with Crippen molar-refractivity contribution in [2.45, 2.75) is 24.9 Å². The standard InChI is InChI=1S/C24H19F4N3O2/c25-19-3-1-2-15(8-19)16-4-6-30(11-16)22(32)10-20-13-31-12-18(17-5-7-33-14-17)9-21(23(31)29-20)24(26,27)28/h1-3,5,7-9,12-14,16H,4,6,10-11H2. The number of furan rings is 1. The number of carbonyl (C=O) groups excluding carboxylic acids is 1. The topological polar surface area (TPSA) is 50.8 Å². The molecule has 3 aromatic heterocycles. The van der Waals surface area contributed by atoms with E-state index in [0.29, 0.717) is 30.6 Å². The minimum Gasteiger partial charge on any atom is -0.472 e. The first-order valence-electron chi connectivity index (χ1n) is 10.4. The Kier molecular flexibility index (Phi) is 5.19. The summed E-state index contributed by atoms with van der Waals surface area (Å²) in [5.74, 6) is -0.516. The van der Waals surface area contributed by atoms with Crippen molar-refractivity contribution in [3.05, 3.63) is 84.0 Å². The number of nitrogens with zero attached hydrogens (tertiary/aromatic N) is 3. The second-order valence-electron chi connectivity index (χ2n) is 8.17. The molecule has 9 heteroatoms. The van der Waals surface area contributed by atoms with Crippen molar-refractivity contribution in [2.75, 3.05) is 13.1 Å². The molecule has 1 amide bonds. The maximum atomic E-state index is 13.7. The van der Waals surface area contributed by atoms with Crippen molar-refractivity contribution in [3.8, 4) is 11.1 Å². The fourth-order valence-electron chi connectivity index (χ4n) is 4.32. The predicted molar refractivity (Wildman–Crippen MR) is 112 cm³/mol. The molecule has 1 fully saturated rings. The Hall–Kier alpha value is -3.62. The highest BCUT2D eigenvalue weighted by Crippen LogP contribution is 2.35.